The van der Waals surface area contributed by atoms with E-state index in [9.17, 15) is 13.2 Å². The molecule has 0 rings (SSSR count). The third-order valence-electron chi connectivity index (χ3n) is 1.19. The van der Waals surface area contributed by atoms with Crippen molar-refractivity contribution in [3.05, 3.63) is 12.7 Å². The van der Waals surface area contributed by atoms with Crippen molar-refractivity contribution in [2.24, 2.45) is 0 Å². The molecule has 0 radical (unpaired) electrons. The van der Waals surface area contributed by atoms with Crippen LogP contribution >= 0.6 is 0 Å². The summed E-state index contributed by atoms with van der Waals surface area (Å²) in [5.41, 5.74) is -1.00. The number of carbonyl (C=O) groups is 1. The molecule has 1 amide bonds. The van der Waals surface area contributed by atoms with Crippen LogP contribution in [0.4, 0.5) is 0 Å². The summed E-state index contributed by atoms with van der Waals surface area (Å²) in [7, 11) is -4.08. The molecule has 0 bridgehead atoms. The van der Waals surface area contributed by atoms with Crippen molar-refractivity contribution >= 4 is 16.0 Å². The smallest absolute Gasteiger partial charge is 0.267 e. The summed E-state index contributed by atoms with van der Waals surface area (Å²) in [6, 6.07) is 0. The monoisotopic (exact) mass is 225 g/mol. The minimum Gasteiger partial charge on any atom is -0.412 e. The second-order valence-electron chi connectivity index (χ2n) is 3.30. The summed E-state index contributed by atoms with van der Waals surface area (Å²) in [6.07, 6.45) is 1.03. The van der Waals surface area contributed by atoms with Gasteiger partial charge in [-0.2, -0.15) is 8.42 Å². The molecule has 0 aromatic heterocycles. The van der Waals surface area contributed by atoms with E-state index in [1.54, 1.807) is 0 Å². The van der Waals surface area contributed by atoms with E-state index in [4.69, 9.17) is 4.55 Å². The van der Waals surface area contributed by atoms with Crippen LogP contribution in [0.3, 0.4) is 0 Å². The maximum Gasteiger partial charge on any atom is 0.267 e. The van der Waals surface area contributed by atoms with Gasteiger partial charge in [0.25, 0.3) is 10.1 Å². The van der Waals surface area contributed by atoms with Crippen LogP contribution in [0.25, 0.3) is 0 Å². The third-order valence-corrected chi connectivity index (χ3v) is 2.28. The lowest BCUT2D eigenvalue weighted by molar-refractivity contribution is -0.117. The summed E-state index contributed by atoms with van der Waals surface area (Å²) in [4.78, 5) is 10.8. The second-order valence-corrected chi connectivity index (χ2v) is 4.76. The van der Waals surface area contributed by atoms with Crippen LogP contribution in [0, 0.1) is 0 Å². The average molecular weight is 225 g/mol. The van der Waals surface area contributed by atoms with Crippen LogP contribution < -0.4 is 5.32 Å². The van der Waals surface area contributed by atoms with Gasteiger partial charge in [0.1, 0.15) is 0 Å². The van der Waals surface area contributed by atoms with Crippen molar-refractivity contribution in [3.8, 4) is 0 Å². The van der Waals surface area contributed by atoms with E-state index in [1.165, 1.54) is 13.8 Å². The normalized spacial score (nSPS) is 11.4. The lowest BCUT2D eigenvalue weighted by Crippen LogP contribution is -2.47. The molecule has 0 aliphatic carbocycles. The molecule has 84 valence electrons. The number of carbonyl (C=O) groups excluding carboxylic acids is 1. The van der Waals surface area contributed by atoms with Gasteiger partial charge in [0.15, 0.2) is 0 Å². The maximum atomic E-state index is 10.8. The summed E-state index contributed by atoms with van der Waals surface area (Å²) in [6.45, 7) is 6.19. The molecule has 0 aliphatic rings. The molecular formula is C7H15NO5S. The van der Waals surface area contributed by atoms with Gasteiger partial charge in [-0.3, -0.25) is 9.35 Å². The van der Waals surface area contributed by atoms with Gasteiger partial charge in [-0.1, -0.05) is 6.58 Å². The molecule has 0 fully saturated rings. The minimum absolute atomic E-state index is 0. The lowest BCUT2D eigenvalue weighted by atomic mass is 10.1. The third kappa shape index (κ3) is 7.71. The van der Waals surface area contributed by atoms with Gasteiger partial charge in [-0.15, -0.1) is 0 Å². The quantitative estimate of drug-likeness (QED) is 0.478. The predicted octanol–water partition coefficient (Wildman–Crippen LogP) is -0.870. The second kappa shape index (κ2) is 5.08. The zero-order chi connectivity index (χ0) is 10.7. The highest BCUT2D eigenvalue weighted by molar-refractivity contribution is 7.85. The highest BCUT2D eigenvalue weighted by Gasteiger charge is 2.25. The molecule has 0 heterocycles. The van der Waals surface area contributed by atoms with Crippen molar-refractivity contribution < 1.29 is 23.2 Å². The zero-order valence-electron chi connectivity index (χ0n) is 8.07. The summed E-state index contributed by atoms with van der Waals surface area (Å²) < 4.78 is 29.5. The Hall–Kier alpha value is -0.920. The van der Waals surface area contributed by atoms with Gasteiger partial charge in [0.2, 0.25) is 5.91 Å². The number of hydrogen-bond acceptors (Lipinski definition) is 3. The van der Waals surface area contributed by atoms with Gasteiger partial charge in [-0.05, 0) is 19.9 Å². The van der Waals surface area contributed by atoms with Crippen LogP contribution in [-0.4, -0.2) is 35.6 Å². The molecule has 0 aromatic rings. The Labute approximate surface area is 83.1 Å². The molecule has 6 nitrogen and oxygen atoms in total. The fourth-order valence-corrected chi connectivity index (χ4v) is 1.86. The Morgan fingerprint density at radius 2 is 2.00 bits per heavy atom. The Bertz CT molecular complexity index is 306. The number of amides is 1. The Morgan fingerprint density at radius 1 is 1.57 bits per heavy atom. The minimum atomic E-state index is -4.08. The molecule has 7 heteroatoms. The molecule has 0 saturated heterocycles. The van der Waals surface area contributed by atoms with E-state index in [1.807, 2.05) is 0 Å². The van der Waals surface area contributed by atoms with Crippen LogP contribution in [0.5, 0.6) is 0 Å². The zero-order valence-corrected chi connectivity index (χ0v) is 8.89. The molecule has 4 N–H and O–H groups in total. The SMILES string of the molecule is C=CC(=O)NC(C)(C)CS(=O)(=O)O.O. The maximum absolute atomic E-state index is 10.8. The molecule has 0 atom stereocenters. The number of rotatable bonds is 4. The van der Waals surface area contributed by atoms with Gasteiger partial charge in [0.05, 0.1) is 11.3 Å². The largest absolute Gasteiger partial charge is 0.412 e. The Morgan fingerprint density at radius 3 is 2.29 bits per heavy atom. The molecule has 14 heavy (non-hydrogen) atoms. The van der Waals surface area contributed by atoms with Crippen molar-refractivity contribution in [2.45, 2.75) is 19.4 Å². The molecule has 0 aliphatic heterocycles. The summed E-state index contributed by atoms with van der Waals surface area (Å²) in [5, 5.41) is 2.37. The molecule has 0 unspecified atom stereocenters. The van der Waals surface area contributed by atoms with E-state index in [0.29, 0.717) is 0 Å². The van der Waals surface area contributed by atoms with E-state index < -0.39 is 27.3 Å². The van der Waals surface area contributed by atoms with Gasteiger partial charge in [0, 0.05) is 0 Å². The average Bonchev–Trinajstić information content (AvgIpc) is 1.80. The van der Waals surface area contributed by atoms with Gasteiger partial charge >= 0.3 is 0 Å². The standard InChI is InChI=1S/C7H13NO4S.H2O/c1-4-6(9)8-7(2,3)5-13(10,11)12;/h4H,1,5H2,2-3H3,(H,8,9)(H,10,11,12);1H2. The summed E-state index contributed by atoms with van der Waals surface area (Å²) >= 11 is 0. The highest BCUT2D eigenvalue weighted by atomic mass is 32.2. The Balaban J connectivity index is 0. The van der Waals surface area contributed by atoms with E-state index in [0.717, 1.165) is 6.08 Å². The molecule has 0 aromatic carbocycles. The first-order valence-electron chi connectivity index (χ1n) is 3.56. The van der Waals surface area contributed by atoms with Crippen molar-refractivity contribution in [1.82, 2.24) is 5.32 Å². The predicted molar refractivity (Wildman–Crippen MR) is 52.4 cm³/mol. The van der Waals surface area contributed by atoms with E-state index in [2.05, 4.69) is 11.9 Å². The lowest BCUT2D eigenvalue weighted by Gasteiger charge is -2.23. The van der Waals surface area contributed by atoms with Crippen molar-refractivity contribution in [3.63, 3.8) is 0 Å². The highest BCUT2D eigenvalue weighted by Crippen LogP contribution is 2.05. The fourth-order valence-electron chi connectivity index (χ4n) is 0.877. The number of hydrogen-bond donors (Lipinski definition) is 2. The van der Waals surface area contributed by atoms with Crippen molar-refractivity contribution in [1.29, 1.82) is 0 Å². The molecule has 0 spiro atoms. The molecular weight excluding hydrogens is 210 g/mol. The Kier molecular flexibility index (Phi) is 5.65. The van der Waals surface area contributed by atoms with E-state index in [-0.39, 0.29) is 5.48 Å². The van der Waals surface area contributed by atoms with Crippen LogP contribution in [-0.2, 0) is 14.9 Å². The summed E-state index contributed by atoms with van der Waals surface area (Å²) in [5.74, 6) is -1.01. The topological polar surface area (TPSA) is 115 Å². The van der Waals surface area contributed by atoms with Crippen LogP contribution in [0.2, 0.25) is 0 Å². The van der Waals surface area contributed by atoms with Crippen molar-refractivity contribution in [2.75, 3.05) is 5.75 Å². The van der Waals surface area contributed by atoms with Crippen LogP contribution in [0.15, 0.2) is 12.7 Å². The molecule has 0 saturated carbocycles. The van der Waals surface area contributed by atoms with Gasteiger partial charge < -0.3 is 10.8 Å². The fraction of sp³-hybridized carbons (Fsp3) is 0.571. The number of nitrogens with one attached hydrogen (secondary N) is 1. The first-order valence-corrected chi connectivity index (χ1v) is 5.17. The van der Waals surface area contributed by atoms with Gasteiger partial charge in [-0.25, -0.2) is 0 Å². The van der Waals surface area contributed by atoms with Crippen LogP contribution in [0.1, 0.15) is 13.8 Å². The first-order chi connectivity index (χ1) is 5.66. The first kappa shape index (κ1) is 15.5. The van der Waals surface area contributed by atoms with E-state index >= 15 is 0 Å².